The molecule has 34 heavy (non-hydrogen) atoms. The molecule has 0 aliphatic rings. The van der Waals surface area contributed by atoms with Gasteiger partial charge in [-0.15, -0.1) is 0 Å². The van der Waals surface area contributed by atoms with Crippen molar-refractivity contribution in [1.82, 2.24) is 15.4 Å². The molecule has 3 rings (SSSR count). The summed E-state index contributed by atoms with van der Waals surface area (Å²) in [5, 5.41) is 0. The Morgan fingerprint density at radius 2 is 1.50 bits per heavy atom. The average Bonchev–Trinajstić information content (AvgIpc) is 3.14. The number of hydrogen-bond donors (Lipinski definition) is 3. The zero-order valence-corrected chi connectivity index (χ0v) is 19.3. The molecule has 4 N–H and O–H groups in total. The van der Waals surface area contributed by atoms with Crippen LogP contribution in [-0.2, 0) is 4.79 Å². The lowest BCUT2D eigenvalue weighted by Crippen LogP contribution is -2.41. The molecule has 10 nitrogen and oxygen atoms in total. The highest BCUT2D eigenvalue weighted by atomic mass is 16.5. The molecule has 0 aliphatic carbocycles. The van der Waals surface area contributed by atoms with Gasteiger partial charge in [0.1, 0.15) is 0 Å². The molecule has 0 saturated heterocycles. The Balaban J connectivity index is 1.77. The first-order valence-corrected chi connectivity index (χ1v) is 10.3. The van der Waals surface area contributed by atoms with Crippen LogP contribution in [0.15, 0.2) is 48.5 Å². The highest BCUT2D eigenvalue weighted by Crippen LogP contribution is 2.38. The highest BCUT2D eigenvalue weighted by Gasteiger charge is 2.20. The third-order valence-corrected chi connectivity index (χ3v) is 5.06. The average molecular weight is 466 g/mol. The number of nitrogens with two attached hydrogens (primary N) is 1. The molecule has 178 valence electrons. The van der Waals surface area contributed by atoms with E-state index in [1.165, 1.54) is 26.4 Å². The number of rotatable bonds is 8. The predicted molar refractivity (Wildman–Crippen MR) is 124 cm³/mol. The molecule has 1 heterocycles. The third-order valence-electron chi connectivity index (χ3n) is 5.06. The largest absolute Gasteiger partial charge is 0.493 e. The summed E-state index contributed by atoms with van der Waals surface area (Å²) in [7, 11) is 2.75. The van der Waals surface area contributed by atoms with E-state index in [1.807, 2.05) is 48.7 Å². The lowest BCUT2D eigenvalue weighted by molar-refractivity contribution is -0.120. The summed E-state index contributed by atoms with van der Waals surface area (Å²) in [6.07, 6.45) is 0. The molecule has 0 saturated carbocycles. The lowest BCUT2D eigenvalue weighted by Gasteiger charge is -2.15. The van der Waals surface area contributed by atoms with Crippen LogP contribution in [0.25, 0.3) is 5.69 Å². The lowest BCUT2D eigenvalue weighted by atomic mass is 10.1. The summed E-state index contributed by atoms with van der Waals surface area (Å²) in [6, 6.07) is 14.2. The number of amides is 3. The maximum Gasteiger partial charge on any atom is 0.271 e. The summed E-state index contributed by atoms with van der Waals surface area (Å²) in [4.78, 5) is 36.6. The van der Waals surface area contributed by atoms with Crippen molar-refractivity contribution in [3.63, 3.8) is 0 Å². The van der Waals surface area contributed by atoms with Crippen molar-refractivity contribution in [3.05, 3.63) is 71.0 Å². The molecule has 0 aliphatic heterocycles. The maximum absolute atomic E-state index is 12.8. The van der Waals surface area contributed by atoms with Gasteiger partial charge in [0.05, 0.1) is 19.8 Å². The van der Waals surface area contributed by atoms with Crippen LogP contribution < -0.4 is 30.8 Å². The molecular formula is C24H26N4O6. The van der Waals surface area contributed by atoms with Gasteiger partial charge in [-0.3, -0.25) is 25.2 Å². The highest BCUT2D eigenvalue weighted by molar-refractivity contribution is 6.00. The van der Waals surface area contributed by atoms with Gasteiger partial charge >= 0.3 is 0 Å². The Labute approximate surface area is 196 Å². The Morgan fingerprint density at radius 3 is 2.06 bits per heavy atom. The molecule has 0 atom stereocenters. The van der Waals surface area contributed by atoms with Crippen LogP contribution in [0.2, 0.25) is 0 Å². The molecule has 3 aromatic rings. The van der Waals surface area contributed by atoms with Crippen molar-refractivity contribution >= 4 is 17.7 Å². The molecule has 1 aromatic heterocycles. The summed E-state index contributed by atoms with van der Waals surface area (Å²) in [6.45, 7) is 3.34. The van der Waals surface area contributed by atoms with E-state index in [2.05, 4.69) is 10.9 Å². The fourth-order valence-corrected chi connectivity index (χ4v) is 3.52. The molecule has 0 unspecified atom stereocenters. The van der Waals surface area contributed by atoms with Crippen LogP contribution in [0.3, 0.4) is 0 Å². The van der Waals surface area contributed by atoms with Gasteiger partial charge in [-0.1, -0.05) is 18.2 Å². The fraction of sp³-hybridized carbons (Fsp3) is 0.208. The van der Waals surface area contributed by atoms with Crippen molar-refractivity contribution in [2.75, 3.05) is 20.8 Å². The van der Waals surface area contributed by atoms with Gasteiger partial charge in [0.15, 0.2) is 18.1 Å². The van der Waals surface area contributed by atoms with Crippen LogP contribution in [0, 0.1) is 13.8 Å². The van der Waals surface area contributed by atoms with Gasteiger partial charge < -0.3 is 24.5 Å². The van der Waals surface area contributed by atoms with Gasteiger partial charge in [-0.25, -0.2) is 0 Å². The zero-order valence-electron chi connectivity index (χ0n) is 19.3. The second-order valence-corrected chi connectivity index (χ2v) is 7.33. The SMILES string of the molecule is COc1cc(C(=O)NNC(=O)c2cc(C)n(-c3ccccc3)c2C)cc(OC)c1OCC(N)=O. The Morgan fingerprint density at radius 1 is 0.912 bits per heavy atom. The second-order valence-electron chi connectivity index (χ2n) is 7.33. The number of methoxy groups -OCH3 is 2. The van der Waals surface area contributed by atoms with Crippen LogP contribution in [0.4, 0.5) is 0 Å². The van der Waals surface area contributed by atoms with Gasteiger partial charge in [-0.05, 0) is 44.2 Å². The minimum Gasteiger partial charge on any atom is -0.493 e. The summed E-state index contributed by atoms with van der Waals surface area (Å²) in [5.74, 6) is -1.32. The van der Waals surface area contributed by atoms with Gasteiger partial charge in [0, 0.05) is 22.6 Å². The number of nitrogens with one attached hydrogen (secondary N) is 2. The Bertz CT molecular complexity index is 1190. The molecule has 0 radical (unpaired) electrons. The molecule has 3 amide bonds. The summed E-state index contributed by atoms with van der Waals surface area (Å²) >= 11 is 0. The van der Waals surface area contributed by atoms with E-state index in [9.17, 15) is 14.4 Å². The number of benzene rings is 2. The minimum atomic E-state index is -0.680. The van der Waals surface area contributed by atoms with Gasteiger partial charge in [-0.2, -0.15) is 0 Å². The molecule has 0 fully saturated rings. The van der Waals surface area contributed by atoms with Gasteiger partial charge in [0.25, 0.3) is 17.7 Å². The second kappa shape index (κ2) is 10.4. The first-order valence-electron chi connectivity index (χ1n) is 10.3. The van der Waals surface area contributed by atoms with Crippen LogP contribution in [0.1, 0.15) is 32.1 Å². The smallest absolute Gasteiger partial charge is 0.271 e. The van der Waals surface area contributed by atoms with Crippen LogP contribution in [0.5, 0.6) is 17.2 Å². The number of carbonyl (C=O) groups is 3. The standard InChI is InChI=1S/C24H26N4O6/c1-14-10-18(15(2)28(14)17-8-6-5-7-9-17)24(31)27-26-23(30)16-11-19(32-3)22(20(12-16)33-4)34-13-21(25)29/h5-12H,13H2,1-4H3,(H2,25,29)(H,26,30)(H,27,31). The number of aryl methyl sites for hydroxylation is 1. The monoisotopic (exact) mass is 466 g/mol. The van der Waals surface area contributed by atoms with Crippen molar-refractivity contribution < 1.29 is 28.6 Å². The predicted octanol–water partition coefficient (Wildman–Crippen LogP) is 2.05. The quantitative estimate of drug-likeness (QED) is 0.435. The van der Waals surface area contributed by atoms with Crippen molar-refractivity contribution in [1.29, 1.82) is 0 Å². The number of hydrogen-bond acceptors (Lipinski definition) is 6. The summed E-state index contributed by atoms with van der Waals surface area (Å²) < 4.78 is 17.8. The number of carbonyl (C=O) groups excluding carboxylic acids is 3. The van der Waals surface area contributed by atoms with Crippen molar-refractivity contribution in [2.45, 2.75) is 13.8 Å². The Kier molecular flexibility index (Phi) is 7.42. The number of para-hydroxylation sites is 1. The zero-order chi connectivity index (χ0) is 24.8. The van der Waals surface area contributed by atoms with Crippen LogP contribution in [-0.4, -0.2) is 43.1 Å². The molecular weight excluding hydrogens is 440 g/mol. The number of hydrazine groups is 1. The number of primary amides is 1. The molecule has 0 spiro atoms. The van der Waals surface area contributed by atoms with Crippen molar-refractivity contribution in [2.24, 2.45) is 5.73 Å². The first-order chi connectivity index (χ1) is 16.3. The summed E-state index contributed by atoms with van der Waals surface area (Å²) in [5.41, 5.74) is 13.0. The molecule has 2 aromatic carbocycles. The van der Waals surface area contributed by atoms with E-state index in [-0.39, 0.29) is 22.8 Å². The normalized spacial score (nSPS) is 10.4. The molecule has 10 heteroatoms. The topological polar surface area (TPSA) is 134 Å². The van der Waals surface area contributed by atoms with E-state index in [4.69, 9.17) is 19.9 Å². The minimum absolute atomic E-state index is 0.123. The van der Waals surface area contributed by atoms with E-state index < -0.39 is 24.3 Å². The van der Waals surface area contributed by atoms with Crippen LogP contribution >= 0.6 is 0 Å². The van der Waals surface area contributed by atoms with Gasteiger partial charge in [0.2, 0.25) is 5.75 Å². The Hall–Kier alpha value is -4.47. The third kappa shape index (κ3) is 5.12. The number of ether oxygens (including phenoxy) is 3. The maximum atomic E-state index is 12.8. The fourth-order valence-electron chi connectivity index (χ4n) is 3.52. The van der Waals surface area contributed by atoms with E-state index in [0.29, 0.717) is 5.56 Å². The number of aromatic nitrogens is 1. The van der Waals surface area contributed by atoms with Crippen molar-refractivity contribution in [3.8, 4) is 22.9 Å². The number of nitrogens with zero attached hydrogens (tertiary/aromatic N) is 1. The molecule has 0 bridgehead atoms. The van der Waals surface area contributed by atoms with E-state index in [1.54, 1.807) is 6.07 Å². The van der Waals surface area contributed by atoms with E-state index in [0.717, 1.165) is 17.1 Å². The first kappa shape index (κ1) is 24.2. The van der Waals surface area contributed by atoms with E-state index >= 15 is 0 Å².